The van der Waals surface area contributed by atoms with Crippen molar-refractivity contribution in [3.63, 3.8) is 0 Å². The predicted octanol–water partition coefficient (Wildman–Crippen LogP) is 5.20. The highest BCUT2D eigenvalue weighted by atomic mass is 32.1. The fraction of sp³-hybridized carbons (Fsp3) is 0.0455. The zero-order chi connectivity index (χ0) is 22.9. The minimum atomic E-state index is -4.80. The van der Waals surface area contributed by atoms with Crippen molar-refractivity contribution < 1.29 is 22.7 Å². The number of aromatic nitrogens is 2. The van der Waals surface area contributed by atoms with Crippen molar-refractivity contribution >= 4 is 34.7 Å². The van der Waals surface area contributed by atoms with Crippen LogP contribution in [0.1, 0.15) is 10.4 Å². The number of nitrogens with zero attached hydrogens (tertiary/aromatic N) is 1. The van der Waals surface area contributed by atoms with E-state index in [0.717, 1.165) is 12.1 Å². The van der Waals surface area contributed by atoms with Gasteiger partial charge in [0.2, 0.25) is 0 Å². The number of carbonyl (C=O) groups is 1. The molecule has 0 atom stereocenters. The molecule has 0 aliphatic heterocycles. The number of para-hydroxylation sites is 1. The monoisotopic (exact) mass is 457 g/mol. The van der Waals surface area contributed by atoms with E-state index in [9.17, 15) is 22.8 Å². The molecule has 1 heterocycles. The summed E-state index contributed by atoms with van der Waals surface area (Å²) in [4.78, 5) is 28.5. The molecule has 0 aliphatic rings. The Balaban J connectivity index is 1.61. The van der Waals surface area contributed by atoms with E-state index in [1.54, 1.807) is 24.3 Å². The molecule has 4 aromatic rings. The molecule has 0 fully saturated rings. The number of halogens is 3. The van der Waals surface area contributed by atoms with E-state index in [1.807, 2.05) is 6.07 Å². The third-order valence-corrected chi connectivity index (χ3v) is 4.80. The molecule has 0 bridgehead atoms. The molecule has 3 aromatic carbocycles. The number of alkyl halides is 3. The SMILES string of the molecule is O=C(Nc1ccc(OC(F)(F)F)cc1)c1ccc2c(=O)n(-c3ccccc3)c(=S)[nH]c2c1. The van der Waals surface area contributed by atoms with Crippen LogP contribution in [0.15, 0.2) is 77.6 Å². The van der Waals surface area contributed by atoms with E-state index in [4.69, 9.17) is 12.2 Å². The summed E-state index contributed by atoms with van der Waals surface area (Å²) in [7, 11) is 0. The molecular weight excluding hydrogens is 443 g/mol. The zero-order valence-corrected chi connectivity index (χ0v) is 17.0. The van der Waals surface area contributed by atoms with E-state index in [1.165, 1.54) is 34.9 Å². The predicted molar refractivity (Wildman–Crippen MR) is 116 cm³/mol. The Kier molecular flexibility index (Phi) is 5.54. The Bertz CT molecular complexity index is 1410. The first-order chi connectivity index (χ1) is 15.2. The van der Waals surface area contributed by atoms with Crippen LogP contribution in [-0.2, 0) is 0 Å². The Morgan fingerprint density at radius 1 is 1.00 bits per heavy atom. The van der Waals surface area contributed by atoms with Gasteiger partial charge in [0.1, 0.15) is 5.75 Å². The van der Waals surface area contributed by atoms with E-state index in [2.05, 4.69) is 15.0 Å². The quantitative estimate of drug-likeness (QED) is 0.413. The number of H-pyrrole nitrogens is 1. The summed E-state index contributed by atoms with van der Waals surface area (Å²) in [5.41, 5.74) is 1.17. The number of aromatic amines is 1. The maximum absolute atomic E-state index is 12.9. The number of hydrogen-bond acceptors (Lipinski definition) is 4. The van der Waals surface area contributed by atoms with Crippen molar-refractivity contribution in [3.8, 4) is 11.4 Å². The molecule has 0 radical (unpaired) electrons. The van der Waals surface area contributed by atoms with E-state index < -0.39 is 18.0 Å². The molecule has 6 nitrogen and oxygen atoms in total. The van der Waals surface area contributed by atoms with Crippen LogP contribution in [0.3, 0.4) is 0 Å². The third-order valence-electron chi connectivity index (χ3n) is 4.52. The molecule has 1 amide bonds. The van der Waals surface area contributed by atoms with Crippen LogP contribution in [0.5, 0.6) is 5.75 Å². The molecule has 4 rings (SSSR count). The normalized spacial score (nSPS) is 11.3. The minimum Gasteiger partial charge on any atom is -0.406 e. The van der Waals surface area contributed by atoms with Crippen molar-refractivity contribution in [3.05, 3.63) is 93.5 Å². The Labute approximate surface area is 183 Å². The second kappa shape index (κ2) is 8.31. The minimum absolute atomic E-state index is 0.173. The number of benzene rings is 3. The van der Waals surface area contributed by atoms with Gasteiger partial charge < -0.3 is 15.0 Å². The second-order valence-corrected chi connectivity index (χ2v) is 7.08. The summed E-state index contributed by atoms with van der Waals surface area (Å²) in [5.74, 6) is -0.911. The van der Waals surface area contributed by atoms with Gasteiger partial charge in [0.05, 0.1) is 16.6 Å². The van der Waals surface area contributed by atoms with Gasteiger partial charge in [0.15, 0.2) is 4.77 Å². The molecule has 0 aliphatic carbocycles. The van der Waals surface area contributed by atoms with Crippen molar-refractivity contribution in [1.29, 1.82) is 0 Å². The lowest BCUT2D eigenvalue weighted by atomic mass is 10.1. The lowest BCUT2D eigenvalue weighted by Crippen LogP contribution is -2.21. The zero-order valence-electron chi connectivity index (χ0n) is 16.1. The van der Waals surface area contributed by atoms with Gasteiger partial charge >= 0.3 is 6.36 Å². The molecule has 32 heavy (non-hydrogen) atoms. The number of ether oxygens (including phenoxy) is 1. The number of fused-ring (bicyclic) bond motifs is 1. The van der Waals surface area contributed by atoms with Crippen LogP contribution in [0, 0.1) is 4.77 Å². The highest BCUT2D eigenvalue weighted by Gasteiger charge is 2.31. The highest BCUT2D eigenvalue weighted by molar-refractivity contribution is 7.71. The summed E-state index contributed by atoms with van der Waals surface area (Å²) >= 11 is 5.33. The lowest BCUT2D eigenvalue weighted by Gasteiger charge is -2.11. The van der Waals surface area contributed by atoms with Crippen LogP contribution in [0.25, 0.3) is 16.6 Å². The maximum Gasteiger partial charge on any atom is 0.573 e. The van der Waals surface area contributed by atoms with Crippen molar-refractivity contribution in [2.24, 2.45) is 0 Å². The molecule has 0 unspecified atom stereocenters. The van der Waals surface area contributed by atoms with E-state index >= 15 is 0 Å². The van der Waals surface area contributed by atoms with Gasteiger partial charge in [-0.05, 0) is 66.8 Å². The lowest BCUT2D eigenvalue weighted by molar-refractivity contribution is -0.274. The Hall–Kier alpha value is -3.92. The first-order valence-electron chi connectivity index (χ1n) is 9.23. The number of anilines is 1. The van der Waals surface area contributed by atoms with Gasteiger partial charge in [-0.15, -0.1) is 13.2 Å². The topological polar surface area (TPSA) is 76.1 Å². The Morgan fingerprint density at radius 3 is 2.34 bits per heavy atom. The summed E-state index contributed by atoms with van der Waals surface area (Å²) < 4.78 is 42.1. The molecular formula is C22H14F3N3O3S. The molecule has 0 saturated heterocycles. The number of carbonyl (C=O) groups excluding carboxylic acids is 1. The van der Waals surface area contributed by atoms with Crippen molar-refractivity contribution in [2.75, 3.05) is 5.32 Å². The van der Waals surface area contributed by atoms with Gasteiger partial charge in [-0.25, -0.2) is 0 Å². The summed E-state index contributed by atoms with van der Waals surface area (Å²) in [5, 5.41) is 2.92. The number of nitrogens with one attached hydrogen (secondary N) is 2. The van der Waals surface area contributed by atoms with Crippen LogP contribution in [0.2, 0.25) is 0 Å². The van der Waals surface area contributed by atoms with Gasteiger partial charge in [0.25, 0.3) is 11.5 Å². The fourth-order valence-electron chi connectivity index (χ4n) is 3.11. The van der Waals surface area contributed by atoms with E-state index in [0.29, 0.717) is 16.6 Å². The Morgan fingerprint density at radius 2 is 1.69 bits per heavy atom. The smallest absolute Gasteiger partial charge is 0.406 e. The second-order valence-electron chi connectivity index (χ2n) is 6.69. The molecule has 1 aromatic heterocycles. The summed E-state index contributed by atoms with van der Waals surface area (Å²) in [6, 6.07) is 18.1. The molecule has 10 heteroatoms. The van der Waals surface area contributed by atoms with Gasteiger partial charge in [-0.3, -0.25) is 14.2 Å². The molecule has 162 valence electrons. The average Bonchev–Trinajstić information content (AvgIpc) is 2.74. The van der Waals surface area contributed by atoms with Gasteiger partial charge in [-0.2, -0.15) is 0 Å². The van der Waals surface area contributed by atoms with Crippen molar-refractivity contribution in [1.82, 2.24) is 9.55 Å². The maximum atomic E-state index is 12.9. The summed E-state index contributed by atoms with van der Waals surface area (Å²) in [6.45, 7) is 0. The first kappa shape index (κ1) is 21.3. The number of amides is 1. The van der Waals surface area contributed by atoms with Gasteiger partial charge in [0, 0.05) is 11.3 Å². The molecule has 2 N–H and O–H groups in total. The molecule has 0 saturated carbocycles. The summed E-state index contributed by atoms with van der Waals surface area (Å²) in [6.07, 6.45) is -4.80. The van der Waals surface area contributed by atoms with Crippen LogP contribution < -0.4 is 15.6 Å². The standard InChI is InChI=1S/C22H14F3N3O3S/c23-22(24,25)31-16-9-7-14(8-10-16)26-19(29)13-6-11-17-18(12-13)27-21(32)28(20(17)30)15-4-2-1-3-5-15/h1-12H,(H,26,29)(H,27,32). The van der Waals surface area contributed by atoms with Crippen molar-refractivity contribution in [2.45, 2.75) is 6.36 Å². The van der Waals surface area contributed by atoms with E-state index in [-0.39, 0.29) is 21.6 Å². The van der Waals surface area contributed by atoms with Crippen LogP contribution in [0.4, 0.5) is 18.9 Å². The number of rotatable bonds is 4. The van der Waals surface area contributed by atoms with Crippen LogP contribution in [-0.4, -0.2) is 21.8 Å². The highest BCUT2D eigenvalue weighted by Crippen LogP contribution is 2.24. The number of hydrogen-bond donors (Lipinski definition) is 2. The fourth-order valence-corrected chi connectivity index (χ4v) is 3.41. The van der Waals surface area contributed by atoms with Crippen LogP contribution >= 0.6 is 12.2 Å². The molecule has 0 spiro atoms. The first-order valence-corrected chi connectivity index (χ1v) is 9.64. The third kappa shape index (κ3) is 4.54. The largest absolute Gasteiger partial charge is 0.573 e. The average molecular weight is 457 g/mol. The van der Waals surface area contributed by atoms with Gasteiger partial charge in [-0.1, -0.05) is 18.2 Å².